The number of aromatic nitrogens is 4. The number of rotatable bonds is 6. The van der Waals surface area contributed by atoms with Crippen molar-refractivity contribution in [2.45, 2.75) is 46.3 Å². The van der Waals surface area contributed by atoms with Crippen LogP contribution in [0.3, 0.4) is 0 Å². The van der Waals surface area contributed by atoms with Crippen LogP contribution in [0.5, 0.6) is 0 Å². The highest BCUT2D eigenvalue weighted by Crippen LogP contribution is 2.27. The summed E-state index contributed by atoms with van der Waals surface area (Å²) in [5, 5.41) is 3.27. The second-order valence-electron chi connectivity index (χ2n) is 11.0. The molecule has 9 nitrogen and oxygen atoms in total. The van der Waals surface area contributed by atoms with Crippen molar-refractivity contribution in [3.8, 4) is 11.1 Å². The number of ether oxygens (including phenoxy) is 1. The first-order valence-corrected chi connectivity index (χ1v) is 13.1. The van der Waals surface area contributed by atoms with Crippen molar-refractivity contribution in [1.82, 2.24) is 24.4 Å². The van der Waals surface area contributed by atoms with Crippen LogP contribution in [-0.4, -0.2) is 55.7 Å². The van der Waals surface area contributed by atoms with Gasteiger partial charge in [0.1, 0.15) is 16.9 Å². The number of H-pyrrole nitrogens is 1. The molecule has 1 atom stereocenters. The van der Waals surface area contributed by atoms with Crippen LogP contribution in [-0.2, 0) is 11.3 Å². The fourth-order valence-corrected chi connectivity index (χ4v) is 4.90. The van der Waals surface area contributed by atoms with E-state index in [0.717, 1.165) is 28.7 Å². The first-order valence-electron chi connectivity index (χ1n) is 13.1. The highest BCUT2D eigenvalue weighted by molar-refractivity contribution is 5.72. The Balaban J connectivity index is 1.31. The zero-order valence-electron chi connectivity index (χ0n) is 22.6. The predicted molar refractivity (Wildman–Crippen MR) is 148 cm³/mol. The van der Waals surface area contributed by atoms with E-state index in [4.69, 9.17) is 4.74 Å². The number of hydrogen-bond acceptors (Lipinski definition) is 6. The van der Waals surface area contributed by atoms with Crippen molar-refractivity contribution in [3.05, 3.63) is 76.1 Å². The lowest BCUT2D eigenvalue weighted by atomic mass is 9.96. The van der Waals surface area contributed by atoms with Crippen LogP contribution in [0.2, 0.25) is 0 Å². The maximum absolute atomic E-state index is 13.8. The Hall–Kier alpha value is -4.21. The molecule has 4 aromatic rings. The molecule has 1 aliphatic rings. The van der Waals surface area contributed by atoms with E-state index in [1.165, 1.54) is 12.1 Å². The molecule has 0 spiro atoms. The van der Waals surface area contributed by atoms with Crippen molar-refractivity contribution in [2.24, 2.45) is 5.92 Å². The molecule has 10 heteroatoms. The number of carbonyl (C=O) groups is 1. The third kappa shape index (κ3) is 5.94. The van der Waals surface area contributed by atoms with Gasteiger partial charge in [-0.1, -0.05) is 30.3 Å². The number of likely N-dealkylation sites (tertiary alicyclic amines) is 1. The smallest absolute Gasteiger partial charge is 0.410 e. The molecule has 2 N–H and O–H groups in total. The Morgan fingerprint density at radius 1 is 1.23 bits per heavy atom. The standard InChI is InChI=1S/C29H33FN6O3/c1-18-21(8-6-10-23(18)20-7-5-9-22(30)13-20)17-36-25-24(33-27(36)37)15-32-26(34-25)31-14-19-11-12-35(16-19)28(38)39-29(2,3)4/h5-10,13,15,19H,11-12,14,16-17H2,1-4H3,(H,33,37)(H,31,32,34)/t19-/m0/s1. The zero-order valence-corrected chi connectivity index (χ0v) is 22.6. The highest BCUT2D eigenvalue weighted by atomic mass is 19.1. The second-order valence-corrected chi connectivity index (χ2v) is 11.0. The van der Waals surface area contributed by atoms with Gasteiger partial charge in [-0.15, -0.1) is 0 Å². The molecule has 0 radical (unpaired) electrons. The Bertz CT molecular complexity index is 1570. The van der Waals surface area contributed by atoms with Gasteiger partial charge < -0.3 is 19.9 Å². The summed E-state index contributed by atoms with van der Waals surface area (Å²) < 4.78 is 20.9. The molecule has 204 valence electrons. The number of imidazole rings is 1. The largest absolute Gasteiger partial charge is 0.444 e. The molecule has 2 aromatic heterocycles. The van der Waals surface area contributed by atoms with Crippen molar-refractivity contribution in [3.63, 3.8) is 0 Å². The fraction of sp³-hybridized carbons (Fsp3) is 0.379. The number of halogens is 1. The summed E-state index contributed by atoms with van der Waals surface area (Å²) in [6, 6.07) is 12.3. The van der Waals surface area contributed by atoms with E-state index in [-0.39, 0.29) is 23.5 Å². The van der Waals surface area contributed by atoms with Gasteiger partial charge >= 0.3 is 11.8 Å². The molecule has 5 rings (SSSR count). The Morgan fingerprint density at radius 2 is 2.03 bits per heavy atom. The molecule has 1 fully saturated rings. The van der Waals surface area contributed by atoms with Crippen molar-refractivity contribution in [2.75, 3.05) is 25.0 Å². The molecule has 1 amide bonds. The summed E-state index contributed by atoms with van der Waals surface area (Å²) >= 11 is 0. The lowest BCUT2D eigenvalue weighted by Crippen LogP contribution is -2.35. The minimum absolute atomic E-state index is 0.235. The number of nitrogens with one attached hydrogen (secondary N) is 2. The van der Waals surface area contributed by atoms with Crippen LogP contribution in [0.25, 0.3) is 22.3 Å². The Morgan fingerprint density at radius 3 is 2.79 bits per heavy atom. The average molecular weight is 533 g/mol. The third-order valence-corrected chi connectivity index (χ3v) is 6.91. The van der Waals surface area contributed by atoms with E-state index in [1.54, 1.807) is 21.7 Å². The maximum Gasteiger partial charge on any atom is 0.410 e. The van der Waals surface area contributed by atoms with E-state index in [2.05, 4.69) is 20.3 Å². The molecule has 0 saturated carbocycles. The third-order valence-electron chi connectivity index (χ3n) is 6.91. The highest BCUT2D eigenvalue weighted by Gasteiger charge is 2.29. The average Bonchev–Trinajstić information content (AvgIpc) is 3.47. The summed E-state index contributed by atoms with van der Waals surface area (Å²) in [7, 11) is 0. The molecule has 0 aliphatic carbocycles. The normalized spacial score (nSPS) is 15.6. The maximum atomic E-state index is 13.8. The molecule has 0 unspecified atom stereocenters. The number of carbonyl (C=O) groups excluding carboxylic acids is 1. The lowest BCUT2D eigenvalue weighted by molar-refractivity contribution is 0.0289. The van der Waals surface area contributed by atoms with Crippen LogP contribution in [0, 0.1) is 18.7 Å². The Kier molecular flexibility index (Phi) is 7.12. The van der Waals surface area contributed by atoms with E-state index < -0.39 is 5.60 Å². The van der Waals surface area contributed by atoms with Gasteiger partial charge in [0.15, 0.2) is 5.65 Å². The van der Waals surface area contributed by atoms with Crippen molar-refractivity contribution >= 4 is 23.2 Å². The lowest BCUT2D eigenvalue weighted by Gasteiger charge is -2.24. The van der Waals surface area contributed by atoms with Gasteiger partial charge in [-0.2, -0.15) is 4.98 Å². The number of amides is 1. The summed E-state index contributed by atoms with van der Waals surface area (Å²) in [5.41, 5.74) is 3.82. The molecule has 39 heavy (non-hydrogen) atoms. The van der Waals surface area contributed by atoms with Gasteiger partial charge in [0.05, 0.1) is 12.7 Å². The first-order chi connectivity index (χ1) is 18.6. The van der Waals surface area contributed by atoms with Crippen LogP contribution < -0.4 is 11.0 Å². The Labute approximate surface area is 226 Å². The predicted octanol–water partition coefficient (Wildman–Crippen LogP) is 4.95. The molecule has 1 saturated heterocycles. The molecule has 0 bridgehead atoms. The quantitative estimate of drug-likeness (QED) is 0.364. The van der Waals surface area contributed by atoms with E-state index in [9.17, 15) is 14.0 Å². The molecular formula is C29H33FN6O3. The van der Waals surface area contributed by atoms with Crippen LogP contribution in [0.15, 0.2) is 53.5 Å². The van der Waals surface area contributed by atoms with E-state index in [1.807, 2.05) is 52.0 Å². The van der Waals surface area contributed by atoms with Crippen LogP contribution in [0.4, 0.5) is 15.1 Å². The van der Waals surface area contributed by atoms with Gasteiger partial charge in [-0.05, 0) is 74.4 Å². The summed E-state index contributed by atoms with van der Waals surface area (Å²) in [6.07, 6.45) is 2.15. The molecule has 1 aliphatic heterocycles. The van der Waals surface area contributed by atoms with Crippen LogP contribution >= 0.6 is 0 Å². The van der Waals surface area contributed by atoms with E-state index in [0.29, 0.717) is 43.3 Å². The molecule has 2 aromatic carbocycles. The summed E-state index contributed by atoms with van der Waals surface area (Å²) in [5.74, 6) is 0.353. The van der Waals surface area contributed by atoms with Crippen molar-refractivity contribution in [1.29, 1.82) is 0 Å². The SMILES string of the molecule is Cc1c(Cn2c(=O)[nH]c3cnc(NC[C@@H]4CCN(C(=O)OC(C)(C)C)C4)nc32)cccc1-c1cccc(F)c1. The van der Waals surface area contributed by atoms with E-state index >= 15 is 0 Å². The van der Waals surface area contributed by atoms with Gasteiger partial charge in [0.25, 0.3) is 0 Å². The molecule has 3 heterocycles. The van der Waals surface area contributed by atoms with Gasteiger partial charge in [-0.3, -0.25) is 4.57 Å². The van der Waals surface area contributed by atoms with Gasteiger partial charge in [-0.25, -0.2) is 19.0 Å². The number of aromatic amines is 1. The zero-order chi connectivity index (χ0) is 27.7. The minimum Gasteiger partial charge on any atom is -0.444 e. The number of fused-ring (bicyclic) bond motifs is 1. The fourth-order valence-electron chi connectivity index (χ4n) is 4.90. The van der Waals surface area contributed by atoms with Crippen LogP contribution in [0.1, 0.15) is 38.3 Å². The summed E-state index contributed by atoms with van der Waals surface area (Å²) in [6.45, 7) is 9.68. The van der Waals surface area contributed by atoms with Gasteiger partial charge in [0.2, 0.25) is 5.95 Å². The number of benzene rings is 2. The monoisotopic (exact) mass is 532 g/mol. The van der Waals surface area contributed by atoms with Crippen molar-refractivity contribution < 1.29 is 13.9 Å². The topological polar surface area (TPSA) is 105 Å². The number of anilines is 1. The minimum atomic E-state index is -0.525. The summed E-state index contributed by atoms with van der Waals surface area (Å²) in [4.78, 5) is 38.8. The second kappa shape index (κ2) is 10.5. The number of nitrogens with zero attached hydrogens (tertiary/aromatic N) is 4. The number of hydrogen-bond donors (Lipinski definition) is 2. The van der Waals surface area contributed by atoms with Gasteiger partial charge in [0, 0.05) is 19.6 Å². The first kappa shape index (κ1) is 26.4. The molecular weight excluding hydrogens is 499 g/mol.